The molecule has 3 nitrogen and oxygen atoms in total. The largest absolute Gasteiger partial charge is 0.231 e. The molecule has 0 amide bonds. The zero-order valence-electron chi connectivity index (χ0n) is 8.01. The highest BCUT2D eigenvalue weighted by molar-refractivity contribution is 7.14. The van der Waals surface area contributed by atoms with E-state index in [-0.39, 0.29) is 5.82 Å². The van der Waals surface area contributed by atoms with E-state index in [0.717, 1.165) is 5.01 Å². The molecule has 0 bridgehead atoms. The SMILES string of the molecule is Cc1nnc(N=Cc2ccccc2F)s1. The van der Waals surface area contributed by atoms with Crippen LogP contribution in [0.5, 0.6) is 0 Å². The van der Waals surface area contributed by atoms with Crippen molar-refractivity contribution in [3.63, 3.8) is 0 Å². The van der Waals surface area contributed by atoms with Crippen LogP contribution in [0.25, 0.3) is 0 Å². The number of benzene rings is 1. The lowest BCUT2D eigenvalue weighted by molar-refractivity contribution is 0.626. The minimum Gasteiger partial charge on any atom is -0.226 e. The molecule has 0 radical (unpaired) electrons. The molecule has 0 atom stereocenters. The van der Waals surface area contributed by atoms with Crippen LogP contribution in [0.2, 0.25) is 0 Å². The summed E-state index contributed by atoms with van der Waals surface area (Å²) in [6.45, 7) is 1.85. The van der Waals surface area contributed by atoms with Gasteiger partial charge in [0.05, 0.1) is 0 Å². The third-order valence-corrected chi connectivity index (χ3v) is 2.48. The van der Waals surface area contributed by atoms with Crippen LogP contribution in [0.1, 0.15) is 10.6 Å². The Bertz CT molecular complexity index is 493. The summed E-state index contributed by atoms with van der Waals surface area (Å²) in [6, 6.07) is 6.46. The Morgan fingerprint density at radius 2 is 2.13 bits per heavy atom. The first-order chi connectivity index (χ1) is 7.25. The van der Waals surface area contributed by atoms with Gasteiger partial charge in [0.15, 0.2) is 0 Å². The van der Waals surface area contributed by atoms with Crippen LogP contribution in [0.4, 0.5) is 9.52 Å². The highest BCUT2D eigenvalue weighted by Gasteiger charge is 1.98. The van der Waals surface area contributed by atoms with Crippen molar-refractivity contribution < 1.29 is 4.39 Å². The van der Waals surface area contributed by atoms with Crippen LogP contribution in [-0.4, -0.2) is 16.4 Å². The molecule has 1 heterocycles. The number of aromatic nitrogens is 2. The van der Waals surface area contributed by atoms with Crippen molar-refractivity contribution in [1.82, 2.24) is 10.2 Å². The highest BCUT2D eigenvalue weighted by atomic mass is 32.1. The standard InChI is InChI=1S/C10H8FN3S/c1-7-13-14-10(15-7)12-6-8-4-2-3-5-9(8)11/h2-6H,1H3. The van der Waals surface area contributed by atoms with Gasteiger partial charge in [-0.25, -0.2) is 9.38 Å². The van der Waals surface area contributed by atoms with Crippen molar-refractivity contribution in [2.45, 2.75) is 6.92 Å². The summed E-state index contributed by atoms with van der Waals surface area (Å²) >= 11 is 1.37. The maximum absolute atomic E-state index is 13.2. The molecule has 1 aromatic carbocycles. The molecule has 15 heavy (non-hydrogen) atoms. The number of nitrogens with zero attached hydrogens (tertiary/aromatic N) is 3. The number of aryl methyl sites for hydroxylation is 1. The first-order valence-corrected chi connectivity index (χ1v) is 5.16. The average Bonchev–Trinajstić information content (AvgIpc) is 2.63. The maximum Gasteiger partial charge on any atom is 0.231 e. The van der Waals surface area contributed by atoms with E-state index >= 15 is 0 Å². The minimum atomic E-state index is -0.289. The first kappa shape index (κ1) is 9.92. The van der Waals surface area contributed by atoms with Gasteiger partial charge in [0.1, 0.15) is 10.8 Å². The van der Waals surface area contributed by atoms with Crippen LogP contribution in [-0.2, 0) is 0 Å². The van der Waals surface area contributed by atoms with E-state index in [0.29, 0.717) is 10.7 Å². The van der Waals surface area contributed by atoms with Crippen LogP contribution in [0.3, 0.4) is 0 Å². The molecule has 0 fully saturated rings. The lowest BCUT2D eigenvalue weighted by atomic mass is 10.2. The predicted octanol–water partition coefficient (Wildman–Crippen LogP) is 2.74. The number of rotatable bonds is 2. The normalized spacial score (nSPS) is 11.1. The number of halogens is 1. The van der Waals surface area contributed by atoms with E-state index in [9.17, 15) is 4.39 Å². The quantitative estimate of drug-likeness (QED) is 0.731. The second kappa shape index (κ2) is 4.27. The molecule has 0 N–H and O–H groups in total. The molecule has 5 heteroatoms. The van der Waals surface area contributed by atoms with Gasteiger partial charge in [-0.2, -0.15) is 0 Å². The maximum atomic E-state index is 13.2. The summed E-state index contributed by atoms with van der Waals surface area (Å²) < 4.78 is 13.2. The number of hydrogen-bond acceptors (Lipinski definition) is 4. The van der Waals surface area contributed by atoms with Gasteiger partial charge in [-0.3, -0.25) is 0 Å². The van der Waals surface area contributed by atoms with Crippen molar-refractivity contribution in [3.05, 3.63) is 40.7 Å². The van der Waals surface area contributed by atoms with Gasteiger partial charge in [-0.1, -0.05) is 29.5 Å². The van der Waals surface area contributed by atoms with Crippen molar-refractivity contribution in [2.24, 2.45) is 4.99 Å². The molecule has 2 rings (SSSR count). The van der Waals surface area contributed by atoms with E-state index in [1.165, 1.54) is 23.6 Å². The molecular weight excluding hydrogens is 213 g/mol. The fourth-order valence-electron chi connectivity index (χ4n) is 1.04. The molecule has 0 saturated heterocycles. The summed E-state index contributed by atoms with van der Waals surface area (Å²) in [7, 11) is 0. The van der Waals surface area contributed by atoms with Gasteiger partial charge in [0, 0.05) is 11.8 Å². The Morgan fingerprint density at radius 3 is 2.80 bits per heavy atom. The average molecular weight is 221 g/mol. The number of aliphatic imine (C=N–C) groups is 1. The molecule has 0 unspecified atom stereocenters. The summed E-state index contributed by atoms with van der Waals surface area (Å²) in [5.74, 6) is -0.289. The Balaban J connectivity index is 2.22. The van der Waals surface area contributed by atoms with Gasteiger partial charge < -0.3 is 0 Å². The fourth-order valence-corrected chi connectivity index (χ4v) is 1.58. The van der Waals surface area contributed by atoms with Gasteiger partial charge in [0.2, 0.25) is 5.13 Å². The zero-order valence-corrected chi connectivity index (χ0v) is 8.83. The Labute approximate surface area is 90.3 Å². The van der Waals surface area contributed by atoms with Crippen molar-refractivity contribution in [3.8, 4) is 0 Å². The second-order valence-electron chi connectivity index (χ2n) is 2.88. The van der Waals surface area contributed by atoms with E-state index in [1.54, 1.807) is 18.2 Å². The molecule has 0 aliphatic carbocycles. The monoisotopic (exact) mass is 221 g/mol. The van der Waals surface area contributed by atoms with Gasteiger partial charge in [0.25, 0.3) is 0 Å². The van der Waals surface area contributed by atoms with Gasteiger partial charge in [-0.15, -0.1) is 10.2 Å². The molecular formula is C10H8FN3S. The summed E-state index contributed by atoms with van der Waals surface area (Å²) in [5, 5.41) is 9.00. The third kappa shape index (κ3) is 2.44. The van der Waals surface area contributed by atoms with Crippen LogP contribution in [0, 0.1) is 12.7 Å². The van der Waals surface area contributed by atoms with E-state index in [4.69, 9.17) is 0 Å². The highest BCUT2D eigenvalue weighted by Crippen LogP contribution is 2.17. The summed E-state index contributed by atoms with van der Waals surface area (Å²) in [6.07, 6.45) is 1.45. The lowest BCUT2D eigenvalue weighted by Crippen LogP contribution is -1.85. The fraction of sp³-hybridized carbons (Fsp3) is 0.100. The van der Waals surface area contributed by atoms with Crippen molar-refractivity contribution >= 4 is 22.7 Å². The molecule has 76 valence electrons. The zero-order chi connectivity index (χ0) is 10.7. The molecule has 1 aromatic heterocycles. The first-order valence-electron chi connectivity index (χ1n) is 4.34. The Kier molecular flexibility index (Phi) is 2.82. The third-order valence-electron chi connectivity index (χ3n) is 1.73. The Morgan fingerprint density at radius 1 is 1.33 bits per heavy atom. The summed E-state index contributed by atoms with van der Waals surface area (Å²) in [4.78, 5) is 4.04. The lowest BCUT2D eigenvalue weighted by Gasteiger charge is -1.92. The molecule has 0 aliphatic heterocycles. The van der Waals surface area contributed by atoms with E-state index in [1.807, 2.05) is 6.92 Å². The van der Waals surface area contributed by atoms with Crippen molar-refractivity contribution in [1.29, 1.82) is 0 Å². The predicted molar refractivity (Wildman–Crippen MR) is 58.3 cm³/mol. The number of hydrogen-bond donors (Lipinski definition) is 0. The van der Waals surface area contributed by atoms with E-state index < -0.39 is 0 Å². The molecule has 2 aromatic rings. The van der Waals surface area contributed by atoms with E-state index in [2.05, 4.69) is 15.2 Å². The topological polar surface area (TPSA) is 38.1 Å². The molecule has 0 spiro atoms. The van der Waals surface area contributed by atoms with Gasteiger partial charge >= 0.3 is 0 Å². The van der Waals surface area contributed by atoms with Crippen molar-refractivity contribution in [2.75, 3.05) is 0 Å². The van der Waals surface area contributed by atoms with Crippen LogP contribution in [0.15, 0.2) is 29.3 Å². The van der Waals surface area contributed by atoms with Crippen LogP contribution < -0.4 is 0 Å². The Hall–Kier alpha value is -1.62. The second-order valence-corrected chi connectivity index (χ2v) is 4.04. The smallest absolute Gasteiger partial charge is 0.226 e. The minimum absolute atomic E-state index is 0.289. The summed E-state index contributed by atoms with van der Waals surface area (Å²) in [5.41, 5.74) is 0.449. The molecule has 0 aliphatic rings. The van der Waals surface area contributed by atoms with Gasteiger partial charge in [-0.05, 0) is 13.0 Å². The van der Waals surface area contributed by atoms with Crippen LogP contribution >= 0.6 is 11.3 Å². The molecule has 0 saturated carbocycles.